The average Bonchev–Trinajstić information content (AvgIpc) is 3.23. The van der Waals surface area contributed by atoms with Crippen molar-refractivity contribution in [2.45, 2.75) is 13.0 Å². The van der Waals surface area contributed by atoms with Gasteiger partial charge in [0, 0.05) is 46.6 Å². The highest BCUT2D eigenvalue weighted by Gasteiger charge is 2.19. The molecule has 0 saturated carbocycles. The van der Waals surface area contributed by atoms with Gasteiger partial charge in [-0.05, 0) is 12.1 Å². The molecule has 3 heterocycles. The summed E-state index contributed by atoms with van der Waals surface area (Å²) in [7, 11) is 0. The largest absolute Gasteiger partial charge is 0.312 e. The van der Waals surface area contributed by atoms with Crippen molar-refractivity contribution in [1.82, 2.24) is 20.3 Å². The molecule has 4 aromatic rings. The molecule has 1 aliphatic rings. The zero-order chi connectivity index (χ0) is 19.6. The molecule has 2 aromatic heterocycles. The van der Waals surface area contributed by atoms with Gasteiger partial charge < -0.3 is 10.6 Å². The van der Waals surface area contributed by atoms with E-state index < -0.39 is 0 Å². The van der Waals surface area contributed by atoms with Gasteiger partial charge in [-0.3, -0.25) is 0 Å². The normalized spacial score (nSPS) is 13.1. The molecule has 1 aliphatic heterocycles. The number of anilines is 2. The molecule has 5 nitrogen and oxygen atoms in total. The maximum Gasteiger partial charge on any atom is 0.229 e. The molecule has 0 unspecified atom stereocenters. The van der Waals surface area contributed by atoms with Gasteiger partial charge in [0.15, 0.2) is 5.13 Å². The first-order valence-electron chi connectivity index (χ1n) is 9.41. The van der Waals surface area contributed by atoms with E-state index in [9.17, 15) is 0 Å². The SMILES string of the molecule is Clc1ccc(-c2csc(Nc3nc4c(c(-c5ccccc5)n3)CNCC4)n2)cc1. The van der Waals surface area contributed by atoms with E-state index in [1.807, 2.05) is 47.8 Å². The zero-order valence-corrected chi connectivity index (χ0v) is 17.1. The molecule has 0 fully saturated rings. The number of thiazole rings is 1. The van der Waals surface area contributed by atoms with Crippen LogP contribution in [0, 0.1) is 0 Å². The highest BCUT2D eigenvalue weighted by atomic mass is 35.5. The van der Waals surface area contributed by atoms with E-state index in [1.165, 1.54) is 16.9 Å². The second-order valence-corrected chi connectivity index (χ2v) is 8.08. The van der Waals surface area contributed by atoms with Crippen LogP contribution in [0.25, 0.3) is 22.5 Å². The van der Waals surface area contributed by atoms with Gasteiger partial charge in [-0.25, -0.2) is 15.0 Å². The standard InChI is InChI=1S/C22H18ClN5S/c23-16-8-6-14(7-9-16)19-13-29-22(26-19)28-21-25-18-10-11-24-12-17(18)20(27-21)15-4-2-1-3-5-15/h1-9,13,24H,10-12H2,(H,25,26,27,28). The number of rotatable bonds is 4. The molecule has 144 valence electrons. The Balaban J connectivity index is 1.48. The lowest BCUT2D eigenvalue weighted by atomic mass is 10.0. The molecule has 29 heavy (non-hydrogen) atoms. The van der Waals surface area contributed by atoms with Gasteiger partial charge >= 0.3 is 0 Å². The van der Waals surface area contributed by atoms with Gasteiger partial charge in [-0.1, -0.05) is 54.1 Å². The summed E-state index contributed by atoms with van der Waals surface area (Å²) >= 11 is 7.52. The Morgan fingerprint density at radius 1 is 0.931 bits per heavy atom. The summed E-state index contributed by atoms with van der Waals surface area (Å²) in [6.45, 7) is 1.72. The Bertz CT molecular complexity index is 1140. The van der Waals surface area contributed by atoms with Crippen molar-refractivity contribution in [3.05, 3.63) is 76.3 Å². The van der Waals surface area contributed by atoms with Crippen molar-refractivity contribution in [2.24, 2.45) is 0 Å². The first kappa shape index (κ1) is 18.2. The lowest BCUT2D eigenvalue weighted by Crippen LogP contribution is -2.26. The molecule has 0 saturated heterocycles. The van der Waals surface area contributed by atoms with Gasteiger partial charge in [0.2, 0.25) is 5.95 Å². The molecule has 2 N–H and O–H groups in total. The maximum atomic E-state index is 5.98. The van der Waals surface area contributed by atoms with Gasteiger partial charge in [0.1, 0.15) is 0 Å². The Morgan fingerprint density at radius 3 is 2.59 bits per heavy atom. The monoisotopic (exact) mass is 419 g/mol. The third kappa shape index (κ3) is 3.87. The molecule has 5 rings (SSSR count). The zero-order valence-electron chi connectivity index (χ0n) is 15.5. The van der Waals surface area contributed by atoms with Crippen molar-refractivity contribution >= 4 is 34.0 Å². The number of nitrogens with zero attached hydrogens (tertiary/aromatic N) is 3. The lowest BCUT2D eigenvalue weighted by molar-refractivity contribution is 0.628. The summed E-state index contributed by atoms with van der Waals surface area (Å²) in [4.78, 5) is 14.3. The van der Waals surface area contributed by atoms with E-state index in [4.69, 9.17) is 26.6 Å². The second kappa shape index (κ2) is 7.91. The Hall–Kier alpha value is -2.80. The van der Waals surface area contributed by atoms with Crippen LogP contribution < -0.4 is 10.6 Å². The van der Waals surface area contributed by atoms with Crippen LogP contribution in [0.1, 0.15) is 11.3 Å². The quantitative estimate of drug-likeness (QED) is 0.469. The summed E-state index contributed by atoms with van der Waals surface area (Å²) in [6, 6.07) is 17.9. The number of aromatic nitrogens is 3. The summed E-state index contributed by atoms with van der Waals surface area (Å²) < 4.78 is 0. The van der Waals surface area contributed by atoms with Crippen molar-refractivity contribution in [3.8, 4) is 22.5 Å². The maximum absolute atomic E-state index is 5.98. The Morgan fingerprint density at radius 2 is 1.76 bits per heavy atom. The minimum Gasteiger partial charge on any atom is -0.312 e. The molecule has 7 heteroatoms. The van der Waals surface area contributed by atoms with Crippen LogP contribution in [-0.2, 0) is 13.0 Å². The summed E-state index contributed by atoms with van der Waals surface area (Å²) in [6.07, 6.45) is 0.889. The fourth-order valence-corrected chi connectivity index (χ4v) is 4.25. The van der Waals surface area contributed by atoms with Crippen molar-refractivity contribution < 1.29 is 0 Å². The van der Waals surface area contributed by atoms with E-state index >= 15 is 0 Å². The number of hydrogen-bond donors (Lipinski definition) is 2. The molecule has 0 bridgehead atoms. The lowest BCUT2D eigenvalue weighted by Gasteiger charge is -2.20. The minimum absolute atomic E-state index is 0.585. The minimum atomic E-state index is 0.585. The number of nitrogens with one attached hydrogen (secondary N) is 2. The highest BCUT2D eigenvalue weighted by molar-refractivity contribution is 7.14. The molecular weight excluding hydrogens is 402 g/mol. The van der Waals surface area contributed by atoms with E-state index in [0.29, 0.717) is 11.0 Å². The molecule has 0 radical (unpaired) electrons. The summed E-state index contributed by atoms with van der Waals surface area (Å²) in [5.74, 6) is 0.585. The van der Waals surface area contributed by atoms with Crippen molar-refractivity contribution in [2.75, 3.05) is 11.9 Å². The summed E-state index contributed by atoms with van der Waals surface area (Å²) in [5.41, 5.74) is 6.27. The molecule has 0 aliphatic carbocycles. The van der Waals surface area contributed by atoms with E-state index in [0.717, 1.165) is 52.9 Å². The summed E-state index contributed by atoms with van der Waals surface area (Å²) in [5, 5.41) is 10.2. The topological polar surface area (TPSA) is 62.7 Å². The molecule has 2 aromatic carbocycles. The molecule has 0 amide bonds. The first-order chi connectivity index (χ1) is 14.3. The smallest absolute Gasteiger partial charge is 0.229 e. The predicted molar refractivity (Wildman–Crippen MR) is 119 cm³/mol. The van der Waals surface area contributed by atoms with Crippen molar-refractivity contribution in [1.29, 1.82) is 0 Å². The van der Waals surface area contributed by atoms with Crippen LogP contribution in [0.4, 0.5) is 11.1 Å². The Labute approximate surface area is 177 Å². The number of fused-ring (bicyclic) bond motifs is 1. The van der Waals surface area contributed by atoms with Crippen LogP contribution in [0.3, 0.4) is 0 Å². The predicted octanol–water partition coefficient (Wildman–Crippen LogP) is 5.31. The second-order valence-electron chi connectivity index (χ2n) is 6.78. The fourth-order valence-electron chi connectivity index (χ4n) is 3.41. The van der Waals surface area contributed by atoms with Gasteiger partial charge in [0.05, 0.1) is 17.1 Å². The third-order valence-electron chi connectivity index (χ3n) is 4.84. The van der Waals surface area contributed by atoms with Crippen LogP contribution in [0.15, 0.2) is 60.0 Å². The van der Waals surface area contributed by atoms with Crippen molar-refractivity contribution in [3.63, 3.8) is 0 Å². The van der Waals surface area contributed by atoms with Gasteiger partial charge in [0.25, 0.3) is 0 Å². The number of halogens is 1. The van der Waals surface area contributed by atoms with E-state index in [-0.39, 0.29) is 0 Å². The fraction of sp³-hybridized carbons (Fsp3) is 0.136. The van der Waals surface area contributed by atoms with E-state index in [1.54, 1.807) is 0 Å². The first-order valence-corrected chi connectivity index (χ1v) is 10.7. The van der Waals surface area contributed by atoms with Crippen LogP contribution in [0.5, 0.6) is 0 Å². The average molecular weight is 420 g/mol. The third-order valence-corrected chi connectivity index (χ3v) is 5.85. The molecular formula is C22H18ClN5S. The van der Waals surface area contributed by atoms with Gasteiger partial charge in [-0.15, -0.1) is 11.3 Å². The van der Waals surface area contributed by atoms with Gasteiger partial charge in [-0.2, -0.15) is 0 Å². The van der Waals surface area contributed by atoms with Crippen LogP contribution in [0.2, 0.25) is 5.02 Å². The number of benzene rings is 2. The molecule has 0 atom stereocenters. The highest BCUT2D eigenvalue weighted by Crippen LogP contribution is 2.30. The van der Waals surface area contributed by atoms with E-state index in [2.05, 4.69) is 22.8 Å². The Kier molecular flexibility index (Phi) is 4.97. The van der Waals surface area contributed by atoms with Crippen LogP contribution >= 0.6 is 22.9 Å². The van der Waals surface area contributed by atoms with Crippen LogP contribution in [-0.4, -0.2) is 21.5 Å². The molecule has 0 spiro atoms. The number of hydrogen-bond acceptors (Lipinski definition) is 6.